The quantitative estimate of drug-likeness (QED) is 0.755. The van der Waals surface area contributed by atoms with Gasteiger partial charge in [0.1, 0.15) is 0 Å². The molecule has 0 unspecified atom stereocenters. The molecule has 0 bridgehead atoms. The van der Waals surface area contributed by atoms with Crippen LogP contribution in [0.1, 0.15) is 42.6 Å². The lowest BCUT2D eigenvalue weighted by Gasteiger charge is -2.13. The van der Waals surface area contributed by atoms with Crippen LogP contribution in [-0.2, 0) is 11.0 Å². The van der Waals surface area contributed by atoms with Crippen molar-refractivity contribution in [1.29, 1.82) is 0 Å². The number of carbonyl (C=O) groups excluding carboxylic acids is 2. The molecule has 0 spiro atoms. The summed E-state index contributed by atoms with van der Waals surface area (Å²) >= 11 is 0. The molecule has 1 aromatic rings. The molecule has 0 saturated carbocycles. The van der Waals surface area contributed by atoms with Crippen LogP contribution in [0.5, 0.6) is 0 Å². The summed E-state index contributed by atoms with van der Waals surface area (Å²) in [6, 6.07) is 3.98. The molecule has 0 aliphatic rings. The van der Waals surface area contributed by atoms with Crippen molar-refractivity contribution < 1.29 is 22.8 Å². The number of alkyl halides is 3. The maximum Gasteiger partial charge on any atom is 0.416 e. The van der Waals surface area contributed by atoms with Crippen molar-refractivity contribution in [1.82, 2.24) is 10.6 Å². The second kappa shape index (κ2) is 8.55. The molecule has 7 heteroatoms. The fraction of sp³-hybridized carbons (Fsp3) is 0.500. The Kier molecular flexibility index (Phi) is 7.06. The molecule has 0 fully saturated rings. The molecular formula is C16H21F3N2O2. The lowest BCUT2D eigenvalue weighted by atomic mass is 10.0. The van der Waals surface area contributed by atoms with Crippen LogP contribution >= 0.6 is 0 Å². The Bertz CT molecular complexity index is 523. The van der Waals surface area contributed by atoms with Crippen molar-refractivity contribution in [2.45, 2.75) is 32.9 Å². The monoisotopic (exact) mass is 330 g/mol. The van der Waals surface area contributed by atoms with Crippen LogP contribution in [0.3, 0.4) is 0 Å². The number of halogens is 3. The van der Waals surface area contributed by atoms with Gasteiger partial charge in [-0.25, -0.2) is 0 Å². The summed E-state index contributed by atoms with van der Waals surface area (Å²) in [7, 11) is 0. The third kappa shape index (κ3) is 5.92. The first-order valence-electron chi connectivity index (χ1n) is 7.52. The summed E-state index contributed by atoms with van der Waals surface area (Å²) in [4.78, 5) is 23.5. The number of benzene rings is 1. The average molecular weight is 330 g/mol. The van der Waals surface area contributed by atoms with E-state index in [0.717, 1.165) is 37.1 Å². The van der Waals surface area contributed by atoms with Crippen LogP contribution in [0.2, 0.25) is 0 Å². The third-order valence-electron chi connectivity index (χ3n) is 3.54. The highest BCUT2D eigenvalue weighted by Gasteiger charge is 2.30. The van der Waals surface area contributed by atoms with E-state index >= 15 is 0 Å². The van der Waals surface area contributed by atoms with Gasteiger partial charge in [-0.2, -0.15) is 13.2 Å². The second-order valence-electron chi connectivity index (χ2n) is 5.14. The molecule has 1 aromatic carbocycles. The zero-order valence-corrected chi connectivity index (χ0v) is 13.2. The van der Waals surface area contributed by atoms with Crippen LogP contribution in [0.4, 0.5) is 13.2 Å². The number of amides is 2. The van der Waals surface area contributed by atoms with Crippen molar-refractivity contribution in [3.8, 4) is 0 Å². The number of rotatable bonds is 7. The van der Waals surface area contributed by atoms with Crippen LogP contribution in [0.25, 0.3) is 0 Å². The van der Waals surface area contributed by atoms with Gasteiger partial charge in [-0.1, -0.05) is 13.8 Å². The first-order valence-corrected chi connectivity index (χ1v) is 7.52. The maximum atomic E-state index is 12.4. The van der Waals surface area contributed by atoms with Crippen LogP contribution in [0, 0.1) is 5.92 Å². The van der Waals surface area contributed by atoms with Gasteiger partial charge in [-0.3, -0.25) is 9.59 Å². The van der Waals surface area contributed by atoms with E-state index in [4.69, 9.17) is 0 Å². The van der Waals surface area contributed by atoms with Gasteiger partial charge in [0.15, 0.2) is 0 Å². The highest BCUT2D eigenvalue weighted by molar-refractivity contribution is 5.94. The summed E-state index contributed by atoms with van der Waals surface area (Å²) in [5.74, 6) is -0.574. The molecule has 0 aliphatic heterocycles. The van der Waals surface area contributed by atoms with Crippen molar-refractivity contribution in [2.75, 3.05) is 13.1 Å². The lowest BCUT2D eigenvalue weighted by molar-refractivity contribution is -0.137. The van der Waals surface area contributed by atoms with Crippen molar-refractivity contribution >= 4 is 11.8 Å². The van der Waals surface area contributed by atoms with Gasteiger partial charge in [-0.05, 0) is 37.1 Å². The predicted molar refractivity (Wildman–Crippen MR) is 80.9 cm³/mol. The Hall–Kier alpha value is -2.05. The Morgan fingerprint density at radius 1 is 1.00 bits per heavy atom. The van der Waals surface area contributed by atoms with E-state index in [-0.39, 0.29) is 30.5 Å². The van der Waals surface area contributed by atoms with E-state index in [1.54, 1.807) is 0 Å². The summed E-state index contributed by atoms with van der Waals surface area (Å²) in [5.41, 5.74) is -0.657. The summed E-state index contributed by atoms with van der Waals surface area (Å²) < 4.78 is 37.3. The van der Waals surface area contributed by atoms with Gasteiger partial charge in [0, 0.05) is 24.6 Å². The molecule has 2 amide bonds. The SMILES string of the molecule is CCC(CC)C(=O)NCCNC(=O)c1ccc(C(F)(F)F)cc1. The van der Waals surface area contributed by atoms with Gasteiger partial charge in [0.05, 0.1) is 5.56 Å². The summed E-state index contributed by atoms with van der Waals surface area (Å²) in [6.07, 6.45) is -2.92. The van der Waals surface area contributed by atoms with Gasteiger partial charge >= 0.3 is 6.18 Å². The molecule has 0 aromatic heterocycles. The van der Waals surface area contributed by atoms with Crippen molar-refractivity contribution in [3.63, 3.8) is 0 Å². The number of carbonyl (C=O) groups is 2. The minimum atomic E-state index is -4.42. The largest absolute Gasteiger partial charge is 0.416 e. The number of nitrogens with one attached hydrogen (secondary N) is 2. The molecule has 128 valence electrons. The first-order chi connectivity index (χ1) is 10.8. The topological polar surface area (TPSA) is 58.2 Å². The van der Waals surface area contributed by atoms with Crippen LogP contribution in [-0.4, -0.2) is 24.9 Å². The molecule has 0 atom stereocenters. The normalized spacial score (nSPS) is 11.4. The molecular weight excluding hydrogens is 309 g/mol. The fourth-order valence-electron chi connectivity index (χ4n) is 2.08. The molecule has 0 heterocycles. The third-order valence-corrected chi connectivity index (χ3v) is 3.54. The Labute approximate surface area is 133 Å². The maximum absolute atomic E-state index is 12.4. The summed E-state index contributed by atoms with van der Waals surface area (Å²) in [5, 5.41) is 5.27. The fourth-order valence-corrected chi connectivity index (χ4v) is 2.08. The molecule has 1 rings (SSSR count). The minimum Gasteiger partial charge on any atom is -0.354 e. The Morgan fingerprint density at radius 2 is 1.52 bits per heavy atom. The number of hydrogen-bond donors (Lipinski definition) is 2. The van der Waals surface area contributed by atoms with E-state index in [1.165, 1.54) is 0 Å². The molecule has 23 heavy (non-hydrogen) atoms. The van der Waals surface area contributed by atoms with Crippen molar-refractivity contribution in [2.24, 2.45) is 5.92 Å². The smallest absolute Gasteiger partial charge is 0.354 e. The van der Waals surface area contributed by atoms with Crippen LogP contribution < -0.4 is 10.6 Å². The Morgan fingerprint density at radius 3 is 2.00 bits per heavy atom. The minimum absolute atomic E-state index is 0.0411. The van der Waals surface area contributed by atoms with Gasteiger partial charge in [0.2, 0.25) is 5.91 Å². The highest BCUT2D eigenvalue weighted by Crippen LogP contribution is 2.28. The molecule has 0 radical (unpaired) electrons. The van der Waals surface area contributed by atoms with E-state index < -0.39 is 17.6 Å². The number of hydrogen-bond acceptors (Lipinski definition) is 2. The standard InChI is InChI=1S/C16H21F3N2O2/c1-3-11(4-2)14(22)20-9-10-21-15(23)12-5-7-13(8-6-12)16(17,18)19/h5-8,11H,3-4,9-10H2,1-2H3,(H,20,22)(H,21,23). The predicted octanol–water partition coefficient (Wildman–Crippen LogP) is 2.99. The highest BCUT2D eigenvalue weighted by atomic mass is 19.4. The van der Waals surface area contributed by atoms with E-state index in [0.29, 0.717) is 0 Å². The van der Waals surface area contributed by atoms with E-state index in [2.05, 4.69) is 10.6 Å². The molecule has 0 aliphatic carbocycles. The van der Waals surface area contributed by atoms with E-state index in [9.17, 15) is 22.8 Å². The first kappa shape index (κ1) is 19.0. The van der Waals surface area contributed by atoms with Gasteiger partial charge in [0.25, 0.3) is 5.91 Å². The van der Waals surface area contributed by atoms with Crippen LogP contribution in [0.15, 0.2) is 24.3 Å². The second-order valence-corrected chi connectivity index (χ2v) is 5.14. The summed E-state index contributed by atoms with van der Waals surface area (Å²) in [6.45, 7) is 4.35. The van der Waals surface area contributed by atoms with Gasteiger partial charge < -0.3 is 10.6 Å². The zero-order valence-electron chi connectivity index (χ0n) is 13.2. The molecule has 4 nitrogen and oxygen atoms in total. The average Bonchev–Trinajstić information content (AvgIpc) is 2.52. The molecule has 0 saturated heterocycles. The molecule has 2 N–H and O–H groups in total. The Balaban J connectivity index is 2.41. The van der Waals surface area contributed by atoms with Crippen molar-refractivity contribution in [3.05, 3.63) is 35.4 Å². The lowest BCUT2D eigenvalue weighted by Crippen LogP contribution is -2.37. The zero-order chi connectivity index (χ0) is 17.5. The van der Waals surface area contributed by atoms with E-state index in [1.807, 2.05) is 13.8 Å². The van der Waals surface area contributed by atoms with Gasteiger partial charge in [-0.15, -0.1) is 0 Å².